The average molecular weight is 576 g/mol. The van der Waals surface area contributed by atoms with Crippen LogP contribution in [0.15, 0.2) is 46.6 Å². The smallest absolute Gasteiger partial charge is 0.329 e. The molecule has 0 saturated carbocycles. The van der Waals surface area contributed by atoms with Crippen LogP contribution in [0.3, 0.4) is 0 Å². The number of benzene rings is 2. The molecule has 1 fully saturated rings. The molecule has 5 nitrogen and oxygen atoms in total. The number of hydrogen-bond donors (Lipinski definition) is 1. The molecular weight excluding hydrogens is 558 g/mol. The van der Waals surface area contributed by atoms with Crippen LogP contribution < -0.4 is 10.1 Å². The second-order valence-electron chi connectivity index (χ2n) is 6.17. The van der Waals surface area contributed by atoms with E-state index in [0.717, 1.165) is 9.13 Å². The molecule has 1 saturated heterocycles. The van der Waals surface area contributed by atoms with E-state index in [-0.39, 0.29) is 11.6 Å². The summed E-state index contributed by atoms with van der Waals surface area (Å²) in [5, 5.41) is 3.01. The average Bonchev–Trinajstić information content (AvgIpc) is 2.90. The molecule has 0 unspecified atom stereocenters. The minimum Gasteiger partial charge on any atom is -0.486 e. The van der Waals surface area contributed by atoms with Crippen molar-refractivity contribution in [2.45, 2.75) is 20.0 Å². The first-order valence-corrected chi connectivity index (χ1v) is 10.8. The summed E-state index contributed by atoms with van der Waals surface area (Å²) in [5.74, 6) is 0.190. The van der Waals surface area contributed by atoms with Crippen LogP contribution in [-0.2, 0) is 11.4 Å². The van der Waals surface area contributed by atoms with Gasteiger partial charge in [-0.25, -0.2) is 4.79 Å². The van der Waals surface area contributed by atoms with Crippen LogP contribution in [0.4, 0.5) is 4.79 Å². The maximum atomic E-state index is 12.3. The Labute approximate surface area is 190 Å². The summed E-state index contributed by atoms with van der Waals surface area (Å²) >= 11 is 12.1. The fourth-order valence-corrected chi connectivity index (χ4v) is 4.05. The van der Waals surface area contributed by atoms with Crippen LogP contribution in [0.5, 0.6) is 5.75 Å². The molecule has 1 heterocycles. The third kappa shape index (κ3) is 4.87. The van der Waals surface area contributed by atoms with Crippen molar-refractivity contribution >= 4 is 68.1 Å². The summed E-state index contributed by atoms with van der Waals surface area (Å²) in [7, 11) is 0. The zero-order valence-electron chi connectivity index (χ0n) is 15.0. The van der Waals surface area contributed by atoms with Gasteiger partial charge in [-0.1, -0.05) is 30.7 Å². The SMILES string of the molecule is CCCN1C(=O)N/C(=C/c2cc(Cl)c(OCc3ccc(I)cc3)c(Br)c2)C1=O. The summed E-state index contributed by atoms with van der Waals surface area (Å²) in [6.07, 6.45) is 2.31. The number of rotatable bonds is 6. The van der Waals surface area contributed by atoms with Crippen LogP contribution in [0.1, 0.15) is 24.5 Å². The number of carbonyl (C=O) groups excluding carboxylic acids is 2. The molecule has 0 atom stereocenters. The summed E-state index contributed by atoms with van der Waals surface area (Å²) in [4.78, 5) is 25.4. The van der Waals surface area contributed by atoms with Crippen molar-refractivity contribution in [2.75, 3.05) is 6.54 Å². The molecule has 0 radical (unpaired) electrons. The van der Waals surface area contributed by atoms with Crippen molar-refractivity contribution in [1.82, 2.24) is 10.2 Å². The minimum atomic E-state index is -0.402. The van der Waals surface area contributed by atoms with Gasteiger partial charge in [0.1, 0.15) is 12.3 Å². The molecule has 0 bridgehead atoms. The van der Waals surface area contributed by atoms with Crippen LogP contribution >= 0.6 is 50.1 Å². The lowest BCUT2D eigenvalue weighted by Gasteiger charge is -2.11. The molecule has 28 heavy (non-hydrogen) atoms. The highest BCUT2D eigenvalue weighted by molar-refractivity contribution is 14.1. The van der Waals surface area contributed by atoms with E-state index < -0.39 is 6.03 Å². The number of carbonyl (C=O) groups is 2. The number of urea groups is 1. The summed E-state index contributed by atoms with van der Waals surface area (Å²) in [6, 6.07) is 11.1. The lowest BCUT2D eigenvalue weighted by atomic mass is 10.1. The van der Waals surface area contributed by atoms with Gasteiger partial charge in [-0.2, -0.15) is 0 Å². The predicted molar refractivity (Wildman–Crippen MR) is 121 cm³/mol. The lowest BCUT2D eigenvalue weighted by Crippen LogP contribution is -2.31. The maximum absolute atomic E-state index is 12.3. The molecule has 3 rings (SSSR count). The van der Waals surface area contributed by atoms with Crippen molar-refractivity contribution in [2.24, 2.45) is 0 Å². The first kappa shape index (κ1) is 21.1. The lowest BCUT2D eigenvalue weighted by molar-refractivity contribution is -0.122. The third-order valence-corrected chi connectivity index (χ3v) is 5.63. The molecule has 0 aromatic heterocycles. The second-order valence-corrected chi connectivity index (χ2v) is 8.68. The number of ether oxygens (including phenoxy) is 1. The molecule has 1 aliphatic heterocycles. The Bertz CT molecular complexity index is 924. The second kappa shape index (κ2) is 9.28. The van der Waals surface area contributed by atoms with Gasteiger partial charge in [0.25, 0.3) is 5.91 Å². The van der Waals surface area contributed by atoms with Gasteiger partial charge in [-0.3, -0.25) is 9.69 Å². The highest BCUT2D eigenvalue weighted by atomic mass is 127. The molecule has 1 N–H and O–H groups in total. The predicted octanol–water partition coefficient (Wildman–Crippen LogP) is 5.59. The molecule has 2 aromatic carbocycles. The summed E-state index contributed by atoms with van der Waals surface area (Å²) in [5.41, 5.74) is 1.94. The molecule has 8 heteroatoms. The molecule has 2 aromatic rings. The van der Waals surface area contributed by atoms with E-state index >= 15 is 0 Å². The number of nitrogens with one attached hydrogen (secondary N) is 1. The van der Waals surface area contributed by atoms with Crippen molar-refractivity contribution in [1.29, 1.82) is 0 Å². The molecule has 146 valence electrons. The van der Waals surface area contributed by atoms with E-state index in [1.807, 2.05) is 31.2 Å². The fourth-order valence-electron chi connectivity index (χ4n) is 2.70. The molecule has 3 amide bonds. The molecule has 1 aliphatic rings. The van der Waals surface area contributed by atoms with Gasteiger partial charge in [0, 0.05) is 10.1 Å². The van der Waals surface area contributed by atoms with Crippen molar-refractivity contribution < 1.29 is 14.3 Å². The van der Waals surface area contributed by atoms with E-state index in [2.05, 4.69) is 43.8 Å². The van der Waals surface area contributed by atoms with E-state index in [1.54, 1.807) is 18.2 Å². The van der Waals surface area contributed by atoms with Gasteiger partial charge in [0.05, 0.1) is 9.50 Å². The largest absolute Gasteiger partial charge is 0.486 e. The first-order valence-electron chi connectivity index (χ1n) is 8.60. The normalized spacial score (nSPS) is 15.3. The molecular formula is C20H17BrClIN2O3. The van der Waals surface area contributed by atoms with Gasteiger partial charge in [0.15, 0.2) is 5.75 Å². The highest BCUT2D eigenvalue weighted by Crippen LogP contribution is 2.36. The number of halogens is 3. The van der Waals surface area contributed by atoms with E-state index in [1.165, 1.54) is 4.90 Å². The Morgan fingerprint density at radius 1 is 1.25 bits per heavy atom. The zero-order chi connectivity index (χ0) is 20.3. The Hall–Kier alpha value is -1.58. The summed E-state index contributed by atoms with van der Waals surface area (Å²) < 4.78 is 7.68. The van der Waals surface area contributed by atoms with E-state index in [0.29, 0.717) is 40.4 Å². The van der Waals surface area contributed by atoms with Crippen molar-refractivity contribution in [3.8, 4) is 5.75 Å². The standard InChI is InChI=1S/C20H17BrClIN2O3/c1-2-7-25-19(26)17(24-20(25)27)10-13-8-15(21)18(16(22)9-13)28-11-12-3-5-14(23)6-4-12/h3-6,8-10H,2,7,11H2,1H3,(H,24,27)/b17-10+. The summed E-state index contributed by atoms with van der Waals surface area (Å²) in [6.45, 7) is 2.68. The van der Waals surface area contributed by atoms with Gasteiger partial charge >= 0.3 is 6.03 Å². The monoisotopic (exact) mass is 574 g/mol. The van der Waals surface area contributed by atoms with Crippen LogP contribution in [-0.4, -0.2) is 23.4 Å². The highest BCUT2D eigenvalue weighted by Gasteiger charge is 2.32. The Kier molecular flexibility index (Phi) is 7.00. The minimum absolute atomic E-state index is 0.231. The van der Waals surface area contributed by atoms with Crippen LogP contribution in [0.2, 0.25) is 5.02 Å². The molecule has 0 spiro atoms. The van der Waals surface area contributed by atoms with Gasteiger partial charge in [-0.15, -0.1) is 0 Å². The van der Waals surface area contributed by atoms with Crippen molar-refractivity contribution in [3.63, 3.8) is 0 Å². The first-order chi connectivity index (χ1) is 13.4. The maximum Gasteiger partial charge on any atom is 0.329 e. The fraction of sp³-hybridized carbons (Fsp3) is 0.200. The van der Waals surface area contributed by atoms with E-state index in [4.69, 9.17) is 16.3 Å². The third-order valence-electron chi connectivity index (χ3n) is 4.04. The van der Waals surface area contributed by atoms with Crippen molar-refractivity contribution in [3.05, 3.63) is 66.3 Å². The Morgan fingerprint density at radius 2 is 1.96 bits per heavy atom. The topological polar surface area (TPSA) is 58.6 Å². The Balaban J connectivity index is 1.77. The number of amides is 3. The number of hydrogen-bond acceptors (Lipinski definition) is 3. The molecule has 0 aliphatic carbocycles. The Morgan fingerprint density at radius 3 is 2.61 bits per heavy atom. The van der Waals surface area contributed by atoms with Gasteiger partial charge in [-0.05, 0) is 86.4 Å². The number of imide groups is 1. The van der Waals surface area contributed by atoms with E-state index in [9.17, 15) is 9.59 Å². The van der Waals surface area contributed by atoms with Crippen LogP contribution in [0, 0.1) is 3.57 Å². The van der Waals surface area contributed by atoms with Crippen LogP contribution in [0.25, 0.3) is 6.08 Å². The quantitative estimate of drug-likeness (QED) is 0.278. The van der Waals surface area contributed by atoms with Gasteiger partial charge in [0.2, 0.25) is 0 Å². The zero-order valence-corrected chi connectivity index (χ0v) is 19.5. The number of nitrogens with zero attached hydrogens (tertiary/aromatic N) is 1. The van der Waals surface area contributed by atoms with Gasteiger partial charge < -0.3 is 10.1 Å².